The first-order chi connectivity index (χ1) is 19.8. The topological polar surface area (TPSA) is 114 Å². The van der Waals surface area contributed by atoms with Crippen molar-refractivity contribution < 1.29 is 4.74 Å². The minimum Gasteiger partial charge on any atom is -0.478 e. The van der Waals surface area contributed by atoms with Crippen molar-refractivity contribution in [3.63, 3.8) is 0 Å². The van der Waals surface area contributed by atoms with Gasteiger partial charge in [0.2, 0.25) is 0 Å². The third kappa shape index (κ3) is 4.47. The van der Waals surface area contributed by atoms with Crippen molar-refractivity contribution in [1.82, 2.24) is 34.1 Å². The van der Waals surface area contributed by atoms with Crippen LogP contribution in [0.5, 0.6) is 5.88 Å². The summed E-state index contributed by atoms with van der Waals surface area (Å²) >= 11 is 0. The van der Waals surface area contributed by atoms with Gasteiger partial charge in [-0.1, -0.05) is 26.0 Å². The second-order valence-corrected chi connectivity index (χ2v) is 11.6. The van der Waals surface area contributed by atoms with Gasteiger partial charge in [-0.3, -0.25) is 9.36 Å². The maximum atomic E-state index is 6.59. The Morgan fingerprint density at radius 1 is 1.05 bits per heavy atom. The number of hydrogen-bond acceptors (Lipinski definition) is 7. The molecular weight excluding hydrogens is 514 g/mol. The summed E-state index contributed by atoms with van der Waals surface area (Å²) in [6.07, 6.45) is 10.4. The van der Waals surface area contributed by atoms with Gasteiger partial charge in [0, 0.05) is 65.9 Å². The molecule has 0 saturated heterocycles. The molecule has 210 valence electrons. The highest BCUT2D eigenvalue weighted by atomic mass is 16.5. The van der Waals surface area contributed by atoms with Gasteiger partial charge in [0.05, 0.1) is 30.7 Å². The molecule has 1 aromatic carbocycles. The fraction of sp³-hybridized carbons (Fsp3) is 0.387. The van der Waals surface area contributed by atoms with E-state index in [4.69, 9.17) is 25.4 Å². The maximum Gasteiger partial charge on any atom is 0.258 e. The van der Waals surface area contributed by atoms with Crippen LogP contribution in [0.3, 0.4) is 0 Å². The van der Waals surface area contributed by atoms with Crippen LogP contribution in [0.25, 0.3) is 33.7 Å². The summed E-state index contributed by atoms with van der Waals surface area (Å²) in [5, 5.41) is 10.1. The first kappa shape index (κ1) is 25.5. The van der Waals surface area contributed by atoms with Crippen molar-refractivity contribution in [2.45, 2.75) is 57.4 Å². The Kier molecular flexibility index (Phi) is 5.95. The second-order valence-electron chi connectivity index (χ2n) is 11.6. The molecule has 0 bridgehead atoms. The van der Waals surface area contributed by atoms with Gasteiger partial charge in [-0.05, 0) is 43.7 Å². The maximum absolute atomic E-state index is 6.59. The molecule has 0 aliphatic heterocycles. The highest BCUT2D eigenvalue weighted by Gasteiger charge is 2.33. The van der Waals surface area contributed by atoms with Gasteiger partial charge in [0.15, 0.2) is 5.65 Å². The Bertz CT molecular complexity index is 1810. The molecule has 0 unspecified atom stereocenters. The first-order valence-electron chi connectivity index (χ1n) is 14.3. The van der Waals surface area contributed by atoms with Crippen LogP contribution in [0.4, 0.5) is 11.4 Å². The van der Waals surface area contributed by atoms with Gasteiger partial charge < -0.3 is 15.0 Å². The number of ether oxygens (including phenoxy) is 1. The van der Waals surface area contributed by atoms with Gasteiger partial charge in [-0.2, -0.15) is 5.10 Å². The molecule has 0 atom stereocenters. The summed E-state index contributed by atoms with van der Waals surface area (Å²) in [7, 11) is 5.67. The standard InChI is InChI=1S/C31H35N9O/c1-17(2)26-22(13-19-15-38(3)36-29(19)34-26)30-35-27(28(39(30)4)18-9-10-18)21-7-6-8-24(32)23(21)14-33-25-16-40(20-11-12-20)37-31(25)41-5/h6-8,13-18,20H,9-12,32H2,1-5H3. The number of nitrogen functional groups attached to an aromatic ring is 1. The van der Waals surface area contributed by atoms with E-state index in [0.717, 1.165) is 70.6 Å². The number of anilines is 1. The molecule has 5 aromatic rings. The van der Waals surface area contributed by atoms with Crippen LogP contribution in [0.15, 0.2) is 41.7 Å². The molecule has 2 aliphatic rings. The number of rotatable bonds is 8. The number of pyridine rings is 1. The molecule has 2 fully saturated rings. The molecule has 0 amide bonds. The second kappa shape index (κ2) is 9.57. The molecule has 2 N–H and O–H groups in total. The molecule has 0 radical (unpaired) electrons. The number of fused-ring (bicyclic) bond motifs is 1. The lowest BCUT2D eigenvalue weighted by Gasteiger charge is -2.12. The van der Waals surface area contributed by atoms with Gasteiger partial charge in [-0.15, -0.1) is 5.10 Å². The fourth-order valence-electron chi connectivity index (χ4n) is 5.67. The van der Waals surface area contributed by atoms with Crippen LogP contribution in [0.1, 0.15) is 74.4 Å². The van der Waals surface area contributed by atoms with Crippen LogP contribution >= 0.6 is 0 Å². The number of methoxy groups -OCH3 is 1. The molecule has 0 spiro atoms. The first-order valence-corrected chi connectivity index (χ1v) is 14.3. The summed E-state index contributed by atoms with van der Waals surface area (Å²) in [4.78, 5) is 15.1. The van der Waals surface area contributed by atoms with E-state index in [0.29, 0.717) is 29.2 Å². The quantitative estimate of drug-likeness (QED) is 0.190. The van der Waals surface area contributed by atoms with E-state index in [2.05, 4.69) is 47.8 Å². The van der Waals surface area contributed by atoms with E-state index in [9.17, 15) is 0 Å². The number of nitrogens with two attached hydrogens (primary N) is 1. The summed E-state index contributed by atoms with van der Waals surface area (Å²) < 4.78 is 11.5. The predicted molar refractivity (Wildman–Crippen MR) is 161 cm³/mol. The lowest BCUT2D eigenvalue weighted by molar-refractivity contribution is 0.389. The lowest BCUT2D eigenvalue weighted by atomic mass is 10.0. The largest absolute Gasteiger partial charge is 0.478 e. The number of aliphatic imine (C=N–C) groups is 1. The summed E-state index contributed by atoms with van der Waals surface area (Å²) in [5.41, 5.74) is 14.7. The molecule has 2 aliphatic carbocycles. The number of aryl methyl sites for hydroxylation is 1. The molecule has 7 rings (SSSR count). The van der Waals surface area contributed by atoms with Crippen LogP contribution in [0.2, 0.25) is 0 Å². The monoisotopic (exact) mass is 549 g/mol. The van der Waals surface area contributed by atoms with Crippen LogP contribution < -0.4 is 10.5 Å². The van der Waals surface area contributed by atoms with Crippen LogP contribution in [-0.2, 0) is 14.1 Å². The number of aromatic nitrogens is 7. The summed E-state index contributed by atoms with van der Waals surface area (Å²) in [6, 6.07) is 8.61. The molecule has 10 nitrogen and oxygen atoms in total. The normalized spacial score (nSPS) is 15.6. The Morgan fingerprint density at radius 2 is 1.85 bits per heavy atom. The molecule has 10 heteroatoms. The fourth-order valence-corrected chi connectivity index (χ4v) is 5.67. The molecule has 2 saturated carbocycles. The number of hydrogen-bond donors (Lipinski definition) is 1. The van der Waals surface area contributed by atoms with Crippen molar-refractivity contribution in [3.8, 4) is 28.5 Å². The number of imidazole rings is 1. The van der Waals surface area contributed by atoms with E-state index >= 15 is 0 Å². The SMILES string of the molecule is COc1nn(C2CC2)cc1N=Cc1c(N)cccc1-c1nc(-c2cc3cn(C)nc3nc2C(C)C)n(C)c1C1CC1. The summed E-state index contributed by atoms with van der Waals surface area (Å²) in [6.45, 7) is 4.33. The minimum atomic E-state index is 0.211. The van der Waals surface area contributed by atoms with Crippen molar-refractivity contribution in [2.24, 2.45) is 19.1 Å². The van der Waals surface area contributed by atoms with E-state index < -0.39 is 0 Å². The smallest absolute Gasteiger partial charge is 0.258 e. The van der Waals surface area contributed by atoms with Crippen molar-refractivity contribution in [2.75, 3.05) is 12.8 Å². The Labute approximate surface area is 238 Å². The third-order valence-corrected chi connectivity index (χ3v) is 8.05. The van der Waals surface area contributed by atoms with E-state index in [1.54, 1.807) is 7.11 Å². The number of benzene rings is 1. The van der Waals surface area contributed by atoms with Gasteiger partial charge >= 0.3 is 0 Å². The average molecular weight is 550 g/mol. The Hall–Kier alpha value is -4.47. The van der Waals surface area contributed by atoms with Gasteiger partial charge in [0.25, 0.3) is 5.88 Å². The highest BCUT2D eigenvalue weighted by Crippen LogP contribution is 2.47. The molecule has 41 heavy (non-hydrogen) atoms. The van der Waals surface area contributed by atoms with Crippen LogP contribution in [-0.4, -0.2) is 47.4 Å². The van der Waals surface area contributed by atoms with Crippen molar-refractivity contribution in [1.29, 1.82) is 0 Å². The highest BCUT2D eigenvalue weighted by molar-refractivity contribution is 5.97. The average Bonchev–Trinajstić information content (AvgIpc) is 3.87. The third-order valence-electron chi connectivity index (χ3n) is 8.05. The lowest BCUT2D eigenvalue weighted by Crippen LogP contribution is -2.03. The van der Waals surface area contributed by atoms with E-state index in [-0.39, 0.29) is 5.92 Å². The minimum absolute atomic E-state index is 0.211. The molecular formula is C31H35N9O. The zero-order valence-corrected chi connectivity index (χ0v) is 24.2. The van der Waals surface area contributed by atoms with Crippen LogP contribution in [0, 0.1) is 0 Å². The Balaban J connectivity index is 1.37. The van der Waals surface area contributed by atoms with Gasteiger partial charge in [0.1, 0.15) is 11.5 Å². The Morgan fingerprint density at radius 3 is 2.56 bits per heavy atom. The van der Waals surface area contributed by atoms with E-state index in [1.807, 2.05) is 47.2 Å². The molecule has 4 aromatic heterocycles. The zero-order chi connectivity index (χ0) is 28.4. The summed E-state index contributed by atoms with van der Waals surface area (Å²) in [5.74, 6) is 2.09. The zero-order valence-electron chi connectivity index (χ0n) is 24.2. The van der Waals surface area contributed by atoms with Crippen molar-refractivity contribution >= 4 is 28.6 Å². The number of nitrogens with zero attached hydrogens (tertiary/aromatic N) is 8. The van der Waals surface area contributed by atoms with Crippen molar-refractivity contribution in [3.05, 3.63) is 53.6 Å². The van der Waals surface area contributed by atoms with E-state index in [1.165, 1.54) is 5.69 Å². The molecule has 4 heterocycles. The van der Waals surface area contributed by atoms with Gasteiger partial charge in [-0.25, -0.2) is 15.0 Å². The predicted octanol–water partition coefficient (Wildman–Crippen LogP) is 5.91.